The normalized spacial score (nSPS) is 14.8. The van der Waals surface area contributed by atoms with E-state index in [1.807, 2.05) is 0 Å². The van der Waals surface area contributed by atoms with Gasteiger partial charge >= 0.3 is 0 Å². The van der Waals surface area contributed by atoms with Crippen LogP contribution in [-0.4, -0.2) is 42.3 Å². The molecule has 0 amide bonds. The Morgan fingerprint density at radius 3 is 2.82 bits per heavy atom. The number of aromatic nitrogens is 2. The quantitative estimate of drug-likeness (QED) is 0.547. The number of halogens is 2. The Morgan fingerprint density at radius 1 is 1.21 bits per heavy atom. The average molecular weight is 461 g/mol. The predicted octanol–water partition coefficient (Wildman–Crippen LogP) is 3.59. The summed E-state index contributed by atoms with van der Waals surface area (Å²) in [4.78, 5) is 7.09. The van der Waals surface area contributed by atoms with Crippen LogP contribution in [-0.2, 0) is 23.0 Å². The summed E-state index contributed by atoms with van der Waals surface area (Å²) < 4.78 is 29.3. The van der Waals surface area contributed by atoms with E-state index in [-0.39, 0.29) is 22.6 Å². The number of thiazole rings is 1. The first-order chi connectivity index (χ1) is 13.0. The lowest BCUT2D eigenvalue weighted by atomic mass is 10.00. The van der Waals surface area contributed by atoms with Gasteiger partial charge in [-0.25, -0.2) is 18.1 Å². The highest BCUT2D eigenvalue weighted by atomic mass is 35.5. The minimum Gasteiger partial charge on any atom is -0.299 e. The third-order valence-corrected chi connectivity index (χ3v) is 7.45. The van der Waals surface area contributed by atoms with Crippen molar-refractivity contribution in [2.75, 3.05) is 19.6 Å². The van der Waals surface area contributed by atoms with Crippen LogP contribution in [0.2, 0.25) is 5.15 Å². The number of hydrogen-bond donors (Lipinski definition) is 1. The van der Waals surface area contributed by atoms with Gasteiger partial charge in [0.05, 0.1) is 0 Å². The molecule has 0 bridgehead atoms. The zero-order valence-electron chi connectivity index (χ0n) is 15.2. The number of imidazole rings is 1. The smallest absolute Gasteiger partial charge is 0.259 e. The van der Waals surface area contributed by atoms with Gasteiger partial charge in [-0.1, -0.05) is 35.9 Å². The number of hydrogen-bond acceptors (Lipinski definition) is 5. The molecule has 28 heavy (non-hydrogen) atoms. The van der Waals surface area contributed by atoms with Gasteiger partial charge in [0.2, 0.25) is 0 Å². The summed E-state index contributed by atoms with van der Waals surface area (Å²) in [5.41, 5.74) is 2.85. The fourth-order valence-electron chi connectivity index (χ4n) is 3.46. The molecule has 1 N–H and O–H groups in total. The van der Waals surface area contributed by atoms with E-state index in [0.29, 0.717) is 11.5 Å². The van der Waals surface area contributed by atoms with Crippen LogP contribution in [0.3, 0.4) is 0 Å². The summed E-state index contributed by atoms with van der Waals surface area (Å²) in [5, 5.41) is 1.82. The van der Waals surface area contributed by atoms with Crippen molar-refractivity contribution in [3.8, 4) is 0 Å². The maximum atomic E-state index is 12.6. The number of rotatable bonds is 7. The first-order valence-electron chi connectivity index (χ1n) is 8.94. The molecule has 1 aliphatic rings. The standard InChI is InChI=1S/C18H21ClN4O2S2.ClH/c19-16-17(23-11-12-26-18(23)21-16)27(24,25)20-8-3-4-9-22-10-7-14-5-1-2-6-15(14)13-22;/h1-2,5-6,11-12,20H,3-4,7-10,13H2;1H. The molecule has 3 aromatic rings. The van der Waals surface area contributed by atoms with E-state index in [1.165, 1.54) is 26.9 Å². The van der Waals surface area contributed by atoms with E-state index >= 15 is 0 Å². The van der Waals surface area contributed by atoms with Crippen LogP contribution in [0.4, 0.5) is 0 Å². The Bertz CT molecular complexity index is 1050. The number of nitrogens with one attached hydrogen (secondary N) is 1. The van der Waals surface area contributed by atoms with Gasteiger partial charge in [-0.15, -0.1) is 23.7 Å². The zero-order chi connectivity index (χ0) is 18.9. The minimum absolute atomic E-state index is 0. The van der Waals surface area contributed by atoms with Crippen molar-refractivity contribution in [1.29, 1.82) is 0 Å². The largest absolute Gasteiger partial charge is 0.299 e. The second kappa shape index (κ2) is 9.11. The molecular weight excluding hydrogens is 439 g/mol. The molecule has 0 atom stereocenters. The molecule has 0 spiro atoms. The lowest BCUT2D eigenvalue weighted by Crippen LogP contribution is -2.32. The van der Waals surface area contributed by atoms with Crippen LogP contribution in [0.1, 0.15) is 24.0 Å². The van der Waals surface area contributed by atoms with Crippen LogP contribution >= 0.6 is 35.3 Å². The van der Waals surface area contributed by atoms with Gasteiger partial charge in [0.15, 0.2) is 15.1 Å². The summed E-state index contributed by atoms with van der Waals surface area (Å²) in [6.07, 6.45) is 4.47. The molecule has 0 unspecified atom stereocenters. The van der Waals surface area contributed by atoms with E-state index in [4.69, 9.17) is 11.6 Å². The van der Waals surface area contributed by atoms with Gasteiger partial charge in [-0.05, 0) is 36.9 Å². The molecule has 0 saturated carbocycles. The topological polar surface area (TPSA) is 66.7 Å². The Balaban J connectivity index is 0.00000225. The number of fused-ring (bicyclic) bond motifs is 2. The Labute approximate surface area is 180 Å². The molecule has 2 aromatic heterocycles. The minimum atomic E-state index is -3.68. The van der Waals surface area contributed by atoms with Crippen molar-refractivity contribution in [1.82, 2.24) is 19.0 Å². The summed E-state index contributed by atoms with van der Waals surface area (Å²) in [6.45, 7) is 3.40. The van der Waals surface area contributed by atoms with Crippen LogP contribution in [0, 0.1) is 0 Å². The van der Waals surface area contributed by atoms with Crippen molar-refractivity contribution < 1.29 is 8.42 Å². The van der Waals surface area contributed by atoms with Crippen molar-refractivity contribution in [3.05, 3.63) is 52.1 Å². The van der Waals surface area contributed by atoms with Gasteiger partial charge in [-0.3, -0.25) is 9.30 Å². The molecule has 3 heterocycles. The maximum absolute atomic E-state index is 12.6. The van der Waals surface area contributed by atoms with E-state index < -0.39 is 10.0 Å². The molecule has 0 aliphatic carbocycles. The number of sulfonamides is 1. The molecule has 10 heteroatoms. The van der Waals surface area contributed by atoms with Crippen molar-refractivity contribution in [2.45, 2.75) is 30.8 Å². The molecule has 0 saturated heterocycles. The van der Waals surface area contributed by atoms with Crippen molar-refractivity contribution in [3.63, 3.8) is 0 Å². The highest BCUT2D eigenvalue weighted by molar-refractivity contribution is 7.89. The highest BCUT2D eigenvalue weighted by Crippen LogP contribution is 2.25. The van der Waals surface area contributed by atoms with Crippen molar-refractivity contribution >= 4 is 50.3 Å². The van der Waals surface area contributed by atoms with Gasteiger partial charge < -0.3 is 0 Å². The molecule has 4 rings (SSSR count). The number of unbranched alkanes of at least 4 members (excludes halogenated alkanes) is 1. The number of benzene rings is 1. The molecule has 1 aliphatic heterocycles. The fourth-order valence-corrected chi connectivity index (χ4v) is 5.98. The van der Waals surface area contributed by atoms with Crippen LogP contribution < -0.4 is 4.72 Å². The Kier molecular flexibility index (Phi) is 7.01. The van der Waals surface area contributed by atoms with Gasteiger partial charge in [0, 0.05) is 31.2 Å². The second-order valence-corrected chi connectivity index (χ2v) is 9.58. The molecular formula is C18H22Cl2N4O2S2. The lowest BCUT2D eigenvalue weighted by Gasteiger charge is -2.28. The SMILES string of the molecule is Cl.O=S(=O)(NCCCCN1CCc2ccccc2C1)c1c(Cl)nc2sccn12. The predicted molar refractivity (Wildman–Crippen MR) is 115 cm³/mol. The highest BCUT2D eigenvalue weighted by Gasteiger charge is 2.24. The summed E-state index contributed by atoms with van der Waals surface area (Å²) in [6, 6.07) is 8.57. The molecule has 152 valence electrons. The summed E-state index contributed by atoms with van der Waals surface area (Å²) in [7, 11) is -3.68. The van der Waals surface area contributed by atoms with Crippen LogP contribution in [0.25, 0.3) is 4.96 Å². The van der Waals surface area contributed by atoms with E-state index in [0.717, 1.165) is 38.9 Å². The molecule has 1 aromatic carbocycles. The fraction of sp³-hybridized carbons (Fsp3) is 0.389. The molecule has 0 radical (unpaired) electrons. The van der Waals surface area contributed by atoms with Crippen molar-refractivity contribution in [2.24, 2.45) is 0 Å². The monoisotopic (exact) mass is 460 g/mol. The van der Waals surface area contributed by atoms with E-state index in [9.17, 15) is 8.42 Å². The third kappa shape index (κ3) is 4.53. The summed E-state index contributed by atoms with van der Waals surface area (Å²) in [5.74, 6) is 0. The van der Waals surface area contributed by atoms with Gasteiger partial charge in [-0.2, -0.15) is 0 Å². The third-order valence-electron chi connectivity index (χ3n) is 4.84. The maximum Gasteiger partial charge on any atom is 0.259 e. The van der Waals surface area contributed by atoms with E-state index in [1.54, 1.807) is 11.6 Å². The molecule has 0 fully saturated rings. The first-order valence-corrected chi connectivity index (χ1v) is 11.7. The number of nitrogens with zero attached hydrogens (tertiary/aromatic N) is 3. The van der Waals surface area contributed by atoms with Crippen LogP contribution in [0.5, 0.6) is 0 Å². The molecule has 6 nitrogen and oxygen atoms in total. The van der Waals surface area contributed by atoms with Gasteiger partial charge in [0.1, 0.15) is 0 Å². The van der Waals surface area contributed by atoms with Gasteiger partial charge in [0.25, 0.3) is 10.0 Å². The van der Waals surface area contributed by atoms with E-state index in [2.05, 4.69) is 38.9 Å². The Morgan fingerprint density at radius 2 is 2.00 bits per heavy atom. The second-order valence-electron chi connectivity index (χ2n) is 6.66. The zero-order valence-corrected chi connectivity index (χ0v) is 18.4. The first kappa shape index (κ1) is 21.5. The lowest BCUT2D eigenvalue weighted by molar-refractivity contribution is 0.249. The summed E-state index contributed by atoms with van der Waals surface area (Å²) >= 11 is 7.38. The average Bonchev–Trinajstić information content (AvgIpc) is 3.21. The Hall–Kier alpha value is -1.16. The van der Waals surface area contributed by atoms with Crippen LogP contribution in [0.15, 0.2) is 40.9 Å².